The number of carbonyl (C=O) groups excluding carboxylic acids is 2. The normalized spacial score (nSPS) is 13.3. The van der Waals surface area contributed by atoms with Gasteiger partial charge in [0.25, 0.3) is 5.91 Å². The molecule has 104 valence electrons. The number of ketones is 1. The summed E-state index contributed by atoms with van der Waals surface area (Å²) in [5.74, 6) is -0.416. The van der Waals surface area contributed by atoms with Gasteiger partial charge >= 0.3 is 0 Å². The second kappa shape index (κ2) is 6.33. The Bertz CT molecular complexity index is 584. The maximum Gasteiger partial charge on any atom is 0.255 e. The Hall–Kier alpha value is -2.16. The van der Waals surface area contributed by atoms with Gasteiger partial charge in [0, 0.05) is 12.1 Å². The van der Waals surface area contributed by atoms with Crippen LogP contribution in [0.5, 0.6) is 0 Å². The fourth-order valence-electron chi connectivity index (χ4n) is 2.42. The second-order valence-electron chi connectivity index (χ2n) is 4.81. The molecule has 3 heteroatoms. The number of hydrogen-bond donors (Lipinski definition) is 1. The van der Waals surface area contributed by atoms with Gasteiger partial charge < -0.3 is 5.32 Å². The van der Waals surface area contributed by atoms with Crippen molar-refractivity contribution in [3.05, 3.63) is 53.6 Å². The molecular weight excluding hydrogens is 250 g/mol. The van der Waals surface area contributed by atoms with Crippen LogP contribution in [0.2, 0.25) is 0 Å². The van der Waals surface area contributed by atoms with Crippen LogP contribution < -0.4 is 5.32 Å². The summed E-state index contributed by atoms with van der Waals surface area (Å²) >= 11 is 0. The van der Waals surface area contributed by atoms with Crippen LogP contribution in [0.4, 0.5) is 0 Å². The minimum Gasteiger partial charge on any atom is -0.352 e. The number of hydrogen-bond acceptors (Lipinski definition) is 2. The van der Waals surface area contributed by atoms with E-state index in [9.17, 15) is 9.59 Å². The van der Waals surface area contributed by atoms with Gasteiger partial charge in [-0.25, -0.2) is 0 Å². The predicted octanol–water partition coefficient (Wildman–Crippen LogP) is 3.13. The first kappa shape index (κ1) is 14.3. The molecule has 0 spiro atoms. The number of allylic oxidation sites excluding steroid dienone is 2. The Morgan fingerprint density at radius 1 is 1.30 bits per heavy atom. The van der Waals surface area contributed by atoms with Crippen LogP contribution in [0.25, 0.3) is 5.57 Å². The van der Waals surface area contributed by atoms with Crippen LogP contribution >= 0.6 is 0 Å². The Labute approximate surface area is 119 Å². The molecule has 0 saturated heterocycles. The largest absolute Gasteiger partial charge is 0.352 e. The summed E-state index contributed by atoms with van der Waals surface area (Å²) < 4.78 is 0. The highest BCUT2D eigenvalue weighted by Crippen LogP contribution is 2.35. The third-order valence-corrected chi connectivity index (χ3v) is 3.39. The Morgan fingerprint density at radius 2 is 2.00 bits per heavy atom. The lowest BCUT2D eigenvalue weighted by Crippen LogP contribution is -2.28. The average molecular weight is 269 g/mol. The molecule has 0 saturated carbocycles. The van der Waals surface area contributed by atoms with E-state index in [1.807, 2.05) is 25.1 Å². The standard InChI is InChI=1S/C17H19NO2/c1-3-5-8-13-12-9-6-7-10-14(12)16(19)15(13)17(20)18-11-4-2/h3,6-7,9-10H,1,4-5,8,11H2,2H3,(H,18,20). The third-order valence-electron chi connectivity index (χ3n) is 3.39. The molecule has 2 rings (SSSR count). The smallest absolute Gasteiger partial charge is 0.255 e. The zero-order chi connectivity index (χ0) is 14.5. The SMILES string of the molecule is C=CCCC1=C(C(=O)NCCC)C(=O)c2ccccc21. The van der Waals surface area contributed by atoms with Gasteiger partial charge in [0.1, 0.15) is 0 Å². The number of carbonyl (C=O) groups is 2. The maximum atomic E-state index is 12.4. The predicted molar refractivity (Wildman–Crippen MR) is 80.4 cm³/mol. The summed E-state index contributed by atoms with van der Waals surface area (Å²) in [6.45, 7) is 6.28. The molecule has 0 atom stereocenters. The number of benzene rings is 1. The van der Waals surface area contributed by atoms with E-state index in [0.717, 1.165) is 24.0 Å². The summed E-state index contributed by atoms with van der Waals surface area (Å²) in [6.07, 6.45) is 4.07. The van der Waals surface area contributed by atoms with E-state index in [2.05, 4.69) is 11.9 Å². The quantitative estimate of drug-likeness (QED) is 0.637. The molecule has 1 amide bonds. The minimum absolute atomic E-state index is 0.159. The second-order valence-corrected chi connectivity index (χ2v) is 4.81. The van der Waals surface area contributed by atoms with Crippen LogP contribution in [0.1, 0.15) is 42.1 Å². The van der Waals surface area contributed by atoms with E-state index in [1.165, 1.54) is 0 Å². The first-order valence-electron chi connectivity index (χ1n) is 6.97. The van der Waals surface area contributed by atoms with Gasteiger partial charge in [-0.05, 0) is 30.4 Å². The van der Waals surface area contributed by atoms with Gasteiger partial charge in [-0.3, -0.25) is 9.59 Å². The van der Waals surface area contributed by atoms with E-state index in [1.54, 1.807) is 12.1 Å². The van der Waals surface area contributed by atoms with Gasteiger partial charge in [0.05, 0.1) is 5.57 Å². The summed E-state index contributed by atoms with van der Waals surface area (Å²) in [5, 5.41) is 2.80. The third kappa shape index (κ3) is 2.57. The lowest BCUT2D eigenvalue weighted by atomic mass is 10.0. The highest BCUT2D eigenvalue weighted by Gasteiger charge is 2.32. The molecule has 1 N–H and O–H groups in total. The molecule has 0 fully saturated rings. The van der Waals surface area contributed by atoms with Crippen molar-refractivity contribution in [3.63, 3.8) is 0 Å². The van der Waals surface area contributed by atoms with Gasteiger partial charge in [-0.2, -0.15) is 0 Å². The van der Waals surface area contributed by atoms with Crippen LogP contribution in [0, 0.1) is 0 Å². The van der Waals surface area contributed by atoms with Crippen LogP contribution in [-0.4, -0.2) is 18.2 Å². The monoisotopic (exact) mass is 269 g/mol. The molecule has 0 heterocycles. The van der Waals surface area contributed by atoms with Crippen molar-refractivity contribution in [2.45, 2.75) is 26.2 Å². The summed E-state index contributed by atoms with van der Waals surface area (Å²) in [5.41, 5.74) is 2.68. The maximum absolute atomic E-state index is 12.4. The van der Waals surface area contributed by atoms with Gasteiger partial charge in [-0.1, -0.05) is 37.3 Å². The van der Waals surface area contributed by atoms with E-state index < -0.39 is 0 Å². The highest BCUT2D eigenvalue weighted by atomic mass is 16.2. The van der Waals surface area contributed by atoms with Crippen molar-refractivity contribution in [2.24, 2.45) is 0 Å². The van der Waals surface area contributed by atoms with Crippen molar-refractivity contribution >= 4 is 17.3 Å². The molecule has 0 unspecified atom stereocenters. The zero-order valence-corrected chi connectivity index (χ0v) is 11.7. The van der Waals surface area contributed by atoms with Crippen molar-refractivity contribution in [3.8, 4) is 0 Å². The average Bonchev–Trinajstić information content (AvgIpc) is 2.76. The van der Waals surface area contributed by atoms with E-state index in [0.29, 0.717) is 24.1 Å². The summed E-state index contributed by atoms with van der Waals surface area (Å²) in [7, 11) is 0. The fraction of sp³-hybridized carbons (Fsp3) is 0.294. The van der Waals surface area contributed by atoms with E-state index in [4.69, 9.17) is 0 Å². The minimum atomic E-state index is -0.257. The van der Waals surface area contributed by atoms with Crippen molar-refractivity contribution in [1.82, 2.24) is 5.32 Å². The number of amides is 1. The van der Waals surface area contributed by atoms with Crippen molar-refractivity contribution < 1.29 is 9.59 Å². The number of nitrogens with one attached hydrogen (secondary N) is 1. The summed E-state index contributed by atoms with van der Waals surface area (Å²) in [6, 6.07) is 7.42. The first-order chi connectivity index (χ1) is 9.70. The van der Waals surface area contributed by atoms with Crippen LogP contribution in [0.15, 0.2) is 42.5 Å². The molecule has 0 radical (unpaired) electrons. The Balaban J connectivity index is 2.40. The lowest BCUT2D eigenvalue weighted by Gasteiger charge is -2.07. The van der Waals surface area contributed by atoms with Crippen LogP contribution in [0.3, 0.4) is 0 Å². The molecule has 20 heavy (non-hydrogen) atoms. The van der Waals surface area contributed by atoms with Gasteiger partial charge in [-0.15, -0.1) is 6.58 Å². The highest BCUT2D eigenvalue weighted by molar-refractivity contribution is 6.34. The first-order valence-corrected chi connectivity index (χ1v) is 6.97. The topological polar surface area (TPSA) is 46.2 Å². The van der Waals surface area contributed by atoms with Gasteiger partial charge in [0.15, 0.2) is 5.78 Å². The Morgan fingerprint density at radius 3 is 2.65 bits per heavy atom. The van der Waals surface area contributed by atoms with Crippen molar-refractivity contribution in [2.75, 3.05) is 6.54 Å². The molecule has 0 aromatic heterocycles. The number of fused-ring (bicyclic) bond motifs is 1. The van der Waals surface area contributed by atoms with Crippen molar-refractivity contribution in [1.29, 1.82) is 0 Å². The lowest BCUT2D eigenvalue weighted by molar-refractivity contribution is -0.117. The zero-order valence-electron chi connectivity index (χ0n) is 11.7. The molecule has 0 aliphatic heterocycles. The molecule has 1 aliphatic rings. The molecular formula is C17H19NO2. The molecule has 1 aromatic carbocycles. The van der Waals surface area contributed by atoms with Gasteiger partial charge in [0.2, 0.25) is 0 Å². The number of rotatable bonds is 6. The molecule has 1 aliphatic carbocycles. The van der Waals surface area contributed by atoms with E-state index >= 15 is 0 Å². The molecule has 1 aromatic rings. The molecule has 3 nitrogen and oxygen atoms in total. The molecule has 0 bridgehead atoms. The van der Waals surface area contributed by atoms with Crippen LogP contribution in [-0.2, 0) is 4.79 Å². The summed E-state index contributed by atoms with van der Waals surface area (Å²) in [4.78, 5) is 24.7. The number of Topliss-reactive ketones (excluding diaryl/α,β-unsaturated/α-hetero) is 1. The fourth-order valence-corrected chi connectivity index (χ4v) is 2.42. The van der Waals surface area contributed by atoms with E-state index in [-0.39, 0.29) is 11.7 Å². The Kier molecular flexibility index (Phi) is 4.51.